The number of nitrogens with zero attached hydrogens (tertiary/aromatic N) is 1. The van der Waals surface area contributed by atoms with Crippen molar-refractivity contribution in [3.63, 3.8) is 0 Å². The third kappa shape index (κ3) is 5.24. The summed E-state index contributed by atoms with van der Waals surface area (Å²) in [5.41, 5.74) is 4.71. The molecule has 29 heavy (non-hydrogen) atoms. The number of hydrogen-bond acceptors (Lipinski definition) is 3. The maximum Gasteiger partial charge on any atom is 0.137 e. The Morgan fingerprint density at radius 2 is 1.90 bits per heavy atom. The first-order valence-corrected chi connectivity index (χ1v) is 10.6. The highest BCUT2D eigenvalue weighted by Gasteiger charge is 2.36. The van der Waals surface area contributed by atoms with E-state index in [-0.39, 0.29) is 17.5 Å². The van der Waals surface area contributed by atoms with E-state index in [9.17, 15) is 9.90 Å². The van der Waals surface area contributed by atoms with Gasteiger partial charge in [-0.3, -0.25) is 0 Å². The molecule has 0 radical (unpaired) electrons. The molecule has 4 nitrogen and oxygen atoms in total. The molecule has 0 aromatic heterocycles. The van der Waals surface area contributed by atoms with Crippen molar-refractivity contribution in [3.05, 3.63) is 64.2 Å². The Morgan fingerprint density at radius 1 is 1.21 bits per heavy atom. The zero-order chi connectivity index (χ0) is 21.2. The van der Waals surface area contributed by atoms with Gasteiger partial charge < -0.3 is 20.1 Å². The number of carbonyl (C=O) groups is 1. The van der Waals surface area contributed by atoms with Crippen molar-refractivity contribution < 1.29 is 9.90 Å². The average molecular weight is 414 g/mol. The first kappa shape index (κ1) is 21.5. The van der Waals surface area contributed by atoms with E-state index in [1.807, 2.05) is 12.1 Å². The summed E-state index contributed by atoms with van der Waals surface area (Å²) in [7, 11) is 0. The SMILES string of the molecule is Cc1cccc(NC2CCN(C(=O)[O-])C(C(C)(C)C)C2)c1Cc1ccc(Cl)cc1. The standard InChI is InChI=1S/C24H31ClN2O2/c1-16-6-5-7-21(20(16)14-17-8-10-18(25)11-9-17)26-19-12-13-27(23(28)29)22(15-19)24(2,3)4/h5-11,19,22,26H,12-15H2,1-4H3,(H,28,29)/p-1. The number of carbonyl (C=O) groups excluding carboxylic acids is 1. The van der Waals surface area contributed by atoms with Gasteiger partial charge in [-0.05, 0) is 66.5 Å². The third-order valence-corrected chi connectivity index (χ3v) is 6.15. The molecule has 2 aromatic rings. The molecule has 1 aliphatic heterocycles. The van der Waals surface area contributed by atoms with Gasteiger partial charge in [0.15, 0.2) is 0 Å². The Bertz CT molecular complexity index is 858. The van der Waals surface area contributed by atoms with E-state index >= 15 is 0 Å². The normalized spacial score (nSPS) is 19.8. The van der Waals surface area contributed by atoms with Crippen molar-refractivity contribution in [2.24, 2.45) is 5.41 Å². The second kappa shape index (κ2) is 8.66. The predicted octanol–water partition coefficient (Wildman–Crippen LogP) is 4.87. The lowest BCUT2D eigenvalue weighted by Gasteiger charge is -2.47. The molecule has 0 bridgehead atoms. The fourth-order valence-electron chi connectivity index (χ4n) is 4.23. The molecule has 1 aliphatic rings. The summed E-state index contributed by atoms with van der Waals surface area (Å²) in [6.45, 7) is 8.91. The lowest BCUT2D eigenvalue weighted by Crippen LogP contribution is -2.57. The smallest absolute Gasteiger partial charge is 0.137 e. The molecule has 0 saturated carbocycles. The fraction of sp³-hybridized carbons (Fsp3) is 0.458. The van der Waals surface area contributed by atoms with Gasteiger partial charge in [0.2, 0.25) is 0 Å². The number of amides is 1. The van der Waals surface area contributed by atoms with Crippen LogP contribution < -0.4 is 10.4 Å². The Balaban J connectivity index is 1.80. The molecule has 2 atom stereocenters. The van der Waals surface area contributed by atoms with E-state index in [4.69, 9.17) is 11.6 Å². The number of rotatable bonds is 4. The molecule has 1 N–H and O–H groups in total. The molecule has 156 valence electrons. The molecule has 1 fully saturated rings. The number of carboxylic acid groups (broad SMARTS) is 1. The highest BCUT2D eigenvalue weighted by Crippen LogP contribution is 2.34. The van der Waals surface area contributed by atoms with Crippen molar-refractivity contribution >= 4 is 23.4 Å². The zero-order valence-corrected chi connectivity index (χ0v) is 18.4. The number of anilines is 1. The predicted molar refractivity (Wildman–Crippen MR) is 117 cm³/mol. The van der Waals surface area contributed by atoms with Crippen molar-refractivity contribution in [1.29, 1.82) is 0 Å². The van der Waals surface area contributed by atoms with Gasteiger partial charge in [-0.15, -0.1) is 0 Å². The molecule has 0 spiro atoms. The highest BCUT2D eigenvalue weighted by atomic mass is 35.5. The van der Waals surface area contributed by atoms with Crippen molar-refractivity contribution in [2.75, 3.05) is 11.9 Å². The van der Waals surface area contributed by atoms with E-state index in [0.717, 1.165) is 30.0 Å². The summed E-state index contributed by atoms with van der Waals surface area (Å²) in [5, 5.41) is 16.0. The number of benzene rings is 2. The lowest BCUT2D eigenvalue weighted by atomic mass is 9.79. The van der Waals surface area contributed by atoms with Crippen molar-refractivity contribution in [3.8, 4) is 0 Å². The van der Waals surface area contributed by atoms with Crippen molar-refractivity contribution in [1.82, 2.24) is 4.90 Å². The minimum atomic E-state index is -1.07. The topological polar surface area (TPSA) is 55.4 Å². The van der Waals surface area contributed by atoms with E-state index in [2.05, 4.69) is 63.3 Å². The number of nitrogens with one attached hydrogen (secondary N) is 1. The van der Waals surface area contributed by atoms with Crippen LogP contribution in [-0.4, -0.2) is 29.6 Å². The largest absolute Gasteiger partial charge is 0.530 e. The number of aryl methyl sites for hydroxylation is 1. The van der Waals surface area contributed by atoms with Gasteiger partial charge in [0, 0.05) is 29.3 Å². The molecule has 3 rings (SSSR count). The molecule has 2 aromatic carbocycles. The summed E-state index contributed by atoms with van der Waals surface area (Å²) < 4.78 is 0. The van der Waals surface area contributed by atoms with E-state index in [1.54, 1.807) is 0 Å². The molecule has 1 saturated heterocycles. The van der Waals surface area contributed by atoms with Gasteiger partial charge in [-0.2, -0.15) is 0 Å². The Labute approximate surface area is 178 Å². The number of likely N-dealkylation sites (tertiary alicyclic amines) is 1. The van der Waals surface area contributed by atoms with Gasteiger partial charge in [0.25, 0.3) is 0 Å². The molecular formula is C24H30ClN2O2-. The summed E-state index contributed by atoms with van der Waals surface area (Å²) in [6.07, 6.45) is 1.30. The van der Waals surface area contributed by atoms with Crippen LogP contribution in [0, 0.1) is 12.3 Å². The van der Waals surface area contributed by atoms with Crippen LogP contribution in [0.4, 0.5) is 10.5 Å². The number of halogens is 1. The van der Waals surface area contributed by atoms with Crippen LogP contribution in [-0.2, 0) is 6.42 Å². The number of hydrogen-bond donors (Lipinski definition) is 1. The third-order valence-electron chi connectivity index (χ3n) is 5.90. The van der Waals surface area contributed by atoms with Gasteiger partial charge >= 0.3 is 0 Å². The summed E-state index contributed by atoms with van der Waals surface area (Å²) in [5.74, 6) is 0. The first-order valence-electron chi connectivity index (χ1n) is 10.2. The van der Waals surface area contributed by atoms with Crippen molar-refractivity contribution in [2.45, 2.75) is 59.0 Å². The zero-order valence-electron chi connectivity index (χ0n) is 17.7. The van der Waals surface area contributed by atoms with Crippen LogP contribution >= 0.6 is 11.6 Å². The molecule has 5 heteroatoms. The minimum Gasteiger partial charge on any atom is -0.530 e. The van der Waals surface area contributed by atoms with Gasteiger partial charge in [0.1, 0.15) is 6.09 Å². The van der Waals surface area contributed by atoms with Crippen LogP contribution in [0.2, 0.25) is 5.02 Å². The van der Waals surface area contributed by atoms with E-state index in [0.29, 0.717) is 6.54 Å². The summed E-state index contributed by atoms with van der Waals surface area (Å²) in [6, 6.07) is 14.4. The maximum atomic E-state index is 11.6. The van der Waals surface area contributed by atoms with Crippen LogP contribution in [0.3, 0.4) is 0 Å². The highest BCUT2D eigenvalue weighted by molar-refractivity contribution is 6.30. The van der Waals surface area contributed by atoms with Crippen LogP contribution in [0.25, 0.3) is 0 Å². The van der Waals surface area contributed by atoms with E-state index in [1.165, 1.54) is 21.6 Å². The monoisotopic (exact) mass is 413 g/mol. The Hall–Kier alpha value is -2.20. The molecule has 1 heterocycles. The average Bonchev–Trinajstić information content (AvgIpc) is 2.65. The quantitative estimate of drug-likeness (QED) is 0.777. The molecule has 0 aliphatic carbocycles. The minimum absolute atomic E-state index is 0.0664. The van der Waals surface area contributed by atoms with Crippen LogP contribution in [0.5, 0.6) is 0 Å². The second-order valence-corrected chi connectivity index (χ2v) is 9.55. The van der Waals surface area contributed by atoms with Gasteiger partial charge in [-0.25, -0.2) is 0 Å². The lowest BCUT2D eigenvalue weighted by molar-refractivity contribution is -0.271. The Kier molecular flexibility index (Phi) is 6.42. The number of piperidine rings is 1. The Morgan fingerprint density at radius 3 is 2.52 bits per heavy atom. The molecule has 1 amide bonds. The van der Waals surface area contributed by atoms with Crippen LogP contribution in [0.1, 0.15) is 50.3 Å². The van der Waals surface area contributed by atoms with Gasteiger partial charge in [-0.1, -0.05) is 56.6 Å². The maximum absolute atomic E-state index is 11.6. The summed E-state index contributed by atoms with van der Waals surface area (Å²) in [4.78, 5) is 13.1. The van der Waals surface area contributed by atoms with E-state index < -0.39 is 6.09 Å². The fourth-order valence-corrected chi connectivity index (χ4v) is 4.36. The second-order valence-electron chi connectivity index (χ2n) is 9.11. The molecular weight excluding hydrogens is 384 g/mol. The first-order chi connectivity index (χ1) is 13.6. The van der Waals surface area contributed by atoms with Gasteiger partial charge in [0.05, 0.1) is 0 Å². The summed E-state index contributed by atoms with van der Waals surface area (Å²) >= 11 is 6.03. The molecule has 2 unspecified atom stereocenters. The van der Waals surface area contributed by atoms with Crippen LogP contribution in [0.15, 0.2) is 42.5 Å².